The van der Waals surface area contributed by atoms with Gasteiger partial charge < -0.3 is 9.88 Å². The minimum absolute atomic E-state index is 0.744. The molecule has 0 amide bonds. The monoisotopic (exact) mass is 321 g/mol. The zero-order valence-corrected chi connectivity index (χ0v) is 14.2. The highest BCUT2D eigenvalue weighted by Gasteiger charge is 2.03. The molecule has 0 saturated carbocycles. The summed E-state index contributed by atoms with van der Waals surface area (Å²) in [6, 6.07) is 10.4. The first-order chi connectivity index (χ1) is 11.7. The van der Waals surface area contributed by atoms with Crippen molar-refractivity contribution in [2.45, 2.75) is 39.7 Å². The molecule has 0 radical (unpaired) electrons. The van der Waals surface area contributed by atoms with Gasteiger partial charge in [-0.25, -0.2) is 15.0 Å². The molecular weight excluding hydrogens is 298 g/mol. The number of hydrogen-bond acceptors (Lipinski definition) is 4. The van der Waals surface area contributed by atoms with Gasteiger partial charge in [0.25, 0.3) is 0 Å². The van der Waals surface area contributed by atoms with Gasteiger partial charge in [0.2, 0.25) is 0 Å². The van der Waals surface area contributed by atoms with Crippen molar-refractivity contribution >= 4 is 5.82 Å². The van der Waals surface area contributed by atoms with Gasteiger partial charge in [-0.15, -0.1) is 0 Å². The fraction of sp³-hybridized carbons (Fsp3) is 0.316. The van der Waals surface area contributed by atoms with Gasteiger partial charge in [-0.1, -0.05) is 25.5 Å². The average molecular weight is 321 g/mol. The van der Waals surface area contributed by atoms with Gasteiger partial charge in [0, 0.05) is 42.8 Å². The fourth-order valence-electron chi connectivity index (χ4n) is 2.56. The molecule has 3 aromatic rings. The third-order valence-corrected chi connectivity index (χ3v) is 3.87. The van der Waals surface area contributed by atoms with E-state index in [1.54, 1.807) is 12.5 Å². The van der Waals surface area contributed by atoms with Gasteiger partial charge in [0.15, 0.2) is 0 Å². The van der Waals surface area contributed by atoms with Crippen LogP contribution in [0.4, 0.5) is 5.82 Å². The Bertz CT molecular complexity index is 763. The summed E-state index contributed by atoms with van der Waals surface area (Å²) in [6.07, 6.45) is 8.74. The number of nitrogens with one attached hydrogen (secondary N) is 1. The summed E-state index contributed by atoms with van der Waals surface area (Å²) >= 11 is 0. The number of unbranched alkanes of at least 4 members (excludes halogenated alkanes) is 1. The highest BCUT2D eigenvalue weighted by atomic mass is 15.0. The third kappa shape index (κ3) is 4.19. The number of hydrogen-bond donors (Lipinski definition) is 1. The Morgan fingerprint density at radius 1 is 1.12 bits per heavy atom. The highest BCUT2D eigenvalue weighted by Crippen LogP contribution is 2.13. The first kappa shape index (κ1) is 16.2. The van der Waals surface area contributed by atoms with E-state index < -0.39 is 0 Å². The molecule has 3 rings (SSSR count). The third-order valence-electron chi connectivity index (χ3n) is 3.87. The second-order valence-corrected chi connectivity index (χ2v) is 5.90. The molecule has 1 aromatic carbocycles. The number of anilines is 1. The Labute approximate surface area is 142 Å². The van der Waals surface area contributed by atoms with Crippen LogP contribution in [0.25, 0.3) is 5.69 Å². The zero-order chi connectivity index (χ0) is 16.8. The summed E-state index contributed by atoms with van der Waals surface area (Å²) < 4.78 is 1.99. The minimum Gasteiger partial charge on any atom is -0.366 e. The lowest BCUT2D eigenvalue weighted by Crippen LogP contribution is -2.06. The normalized spacial score (nSPS) is 10.8. The quantitative estimate of drug-likeness (QED) is 0.716. The van der Waals surface area contributed by atoms with Gasteiger partial charge in [-0.2, -0.15) is 0 Å². The van der Waals surface area contributed by atoms with Gasteiger partial charge >= 0.3 is 0 Å². The predicted molar refractivity (Wildman–Crippen MR) is 96.3 cm³/mol. The summed E-state index contributed by atoms with van der Waals surface area (Å²) in [6.45, 7) is 4.94. The number of aromatic nitrogens is 4. The van der Waals surface area contributed by atoms with Gasteiger partial charge in [-0.3, -0.25) is 0 Å². The van der Waals surface area contributed by atoms with Crippen LogP contribution in [0.1, 0.15) is 36.8 Å². The molecule has 1 N–H and O–H groups in total. The molecular formula is C19H23N5. The summed E-state index contributed by atoms with van der Waals surface area (Å²) in [5.74, 6) is 1.82. The van der Waals surface area contributed by atoms with E-state index >= 15 is 0 Å². The van der Waals surface area contributed by atoms with E-state index in [1.165, 1.54) is 5.56 Å². The zero-order valence-electron chi connectivity index (χ0n) is 14.2. The van der Waals surface area contributed by atoms with Crippen LogP contribution >= 0.6 is 0 Å². The number of imidazole rings is 1. The van der Waals surface area contributed by atoms with Crippen molar-refractivity contribution in [3.8, 4) is 5.69 Å². The standard InChI is InChI=1S/C19H23N5/c1-3-4-5-18-22-15(2)12-19(23-18)21-13-16-6-8-17(9-7-16)24-11-10-20-14-24/h6-12,14H,3-5,13H2,1-2H3,(H,21,22,23). The SMILES string of the molecule is CCCCc1nc(C)cc(NCc2ccc(-n3ccnc3)cc2)n1. The van der Waals surface area contributed by atoms with E-state index in [1.807, 2.05) is 23.8 Å². The van der Waals surface area contributed by atoms with Crippen LogP contribution in [0.3, 0.4) is 0 Å². The molecule has 2 aromatic heterocycles. The maximum absolute atomic E-state index is 4.61. The molecule has 0 aliphatic rings. The van der Waals surface area contributed by atoms with Crippen LogP contribution in [-0.2, 0) is 13.0 Å². The Hall–Kier alpha value is -2.69. The van der Waals surface area contributed by atoms with Crippen LogP contribution in [0.15, 0.2) is 49.1 Å². The van der Waals surface area contributed by atoms with Crippen LogP contribution in [0.2, 0.25) is 0 Å². The van der Waals surface area contributed by atoms with E-state index in [0.29, 0.717) is 0 Å². The Balaban J connectivity index is 1.64. The first-order valence-electron chi connectivity index (χ1n) is 8.40. The van der Waals surface area contributed by atoms with Crippen LogP contribution in [-0.4, -0.2) is 19.5 Å². The molecule has 5 nitrogen and oxygen atoms in total. The first-order valence-corrected chi connectivity index (χ1v) is 8.40. The summed E-state index contributed by atoms with van der Waals surface area (Å²) in [4.78, 5) is 13.2. The molecule has 5 heteroatoms. The lowest BCUT2D eigenvalue weighted by Gasteiger charge is -2.09. The molecule has 2 heterocycles. The highest BCUT2D eigenvalue weighted by molar-refractivity contribution is 5.39. The number of nitrogens with zero attached hydrogens (tertiary/aromatic N) is 4. The van der Waals surface area contributed by atoms with Crippen molar-refractivity contribution in [3.63, 3.8) is 0 Å². The summed E-state index contributed by atoms with van der Waals surface area (Å²) in [5, 5.41) is 3.40. The molecule has 0 saturated heterocycles. The van der Waals surface area contributed by atoms with E-state index in [2.05, 4.69) is 51.5 Å². The molecule has 0 atom stereocenters. The van der Waals surface area contributed by atoms with E-state index in [0.717, 1.165) is 48.8 Å². The van der Waals surface area contributed by atoms with Crippen molar-refractivity contribution in [3.05, 3.63) is 66.1 Å². The minimum atomic E-state index is 0.744. The maximum Gasteiger partial charge on any atom is 0.130 e. The average Bonchev–Trinajstić information content (AvgIpc) is 3.13. The van der Waals surface area contributed by atoms with Crippen molar-refractivity contribution in [2.75, 3.05) is 5.32 Å². The summed E-state index contributed by atoms with van der Waals surface area (Å²) in [7, 11) is 0. The fourth-order valence-corrected chi connectivity index (χ4v) is 2.56. The van der Waals surface area contributed by atoms with Gasteiger partial charge in [-0.05, 0) is 31.0 Å². The van der Waals surface area contributed by atoms with Gasteiger partial charge in [0.05, 0.1) is 6.33 Å². The number of benzene rings is 1. The lowest BCUT2D eigenvalue weighted by molar-refractivity contribution is 0.748. The second kappa shape index (κ2) is 7.73. The topological polar surface area (TPSA) is 55.6 Å². The van der Waals surface area contributed by atoms with Crippen molar-refractivity contribution in [2.24, 2.45) is 0 Å². The second-order valence-electron chi connectivity index (χ2n) is 5.90. The molecule has 24 heavy (non-hydrogen) atoms. The number of rotatable bonds is 7. The van der Waals surface area contributed by atoms with Crippen molar-refractivity contribution < 1.29 is 0 Å². The molecule has 0 spiro atoms. The van der Waals surface area contributed by atoms with Crippen molar-refractivity contribution in [1.29, 1.82) is 0 Å². The van der Waals surface area contributed by atoms with Crippen molar-refractivity contribution in [1.82, 2.24) is 19.5 Å². The molecule has 124 valence electrons. The van der Waals surface area contributed by atoms with Gasteiger partial charge in [0.1, 0.15) is 11.6 Å². The van der Waals surface area contributed by atoms with E-state index in [4.69, 9.17) is 0 Å². The van der Waals surface area contributed by atoms with Crippen LogP contribution < -0.4 is 5.32 Å². The number of aryl methyl sites for hydroxylation is 2. The predicted octanol–water partition coefficient (Wildman–Crippen LogP) is 3.93. The Morgan fingerprint density at radius 2 is 1.96 bits per heavy atom. The van der Waals surface area contributed by atoms with Crippen LogP contribution in [0, 0.1) is 6.92 Å². The smallest absolute Gasteiger partial charge is 0.130 e. The molecule has 0 aliphatic carbocycles. The Morgan fingerprint density at radius 3 is 2.67 bits per heavy atom. The van der Waals surface area contributed by atoms with Crippen LogP contribution in [0.5, 0.6) is 0 Å². The lowest BCUT2D eigenvalue weighted by atomic mass is 10.2. The Kier molecular flexibility index (Phi) is 5.21. The largest absolute Gasteiger partial charge is 0.366 e. The molecule has 0 fully saturated rings. The molecule has 0 unspecified atom stereocenters. The molecule has 0 aliphatic heterocycles. The maximum atomic E-state index is 4.61. The summed E-state index contributed by atoms with van der Waals surface area (Å²) in [5.41, 5.74) is 3.33. The van der Waals surface area contributed by atoms with E-state index in [9.17, 15) is 0 Å². The molecule has 0 bridgehead atoms. The van der Waals surface area contributed by atoms with E-state index in [-0.39, 0.29) is 0 Å².